The van der Waals surface area contributed by atoms with Crippen LogP contribution in [0.25, 0.3) is 0 Å². The zero-order valence-electron chi connectivity index (χ0n) is 13.3. The summed E-state index contributed by atoms with van der Waals surface area (Å²) in [5.74, 6) is 0. The van der Waals surface area contributed by atoms with Crippen LogP contribution in [0.5, 0.6) is 0 Å². The van der Waals surface area contributed by atoms with E-state index in [4.69, 9.17) is 0 Å². The molecule has 0 aliphatic carbocycles. The molecule has 0 fully saturated rings. The van der Waals surface area contributed by atoms with Crippen LogP contribution in [-0.4, -0.2) is 27.0 Å². The number of aromatic nitrogens is 1. The van der Waals surface area contributed by atoms with E-state index in [9.17, 15) is 25.3 Å². The number of benzene rings is 1. The van der Waals surface area contributed by atoms with Crippen LogP contribution >= 0.6 is 11.3 Å². The van der Waals surface area contributed by atoms with E-state index in [0.717, 1.165) is 5.69 Å². The Morgan fingerprint density at radius 3 is 2.42 bits per heavy atom. The molecule has 2 rings (SSSR count). The standard InChI is InChI=1S/C14H16N4O5S/c1-8-7-24-12(15-8)5-16(3)14-11(17(20)21)4-10(6-19)9(2)13(14)18(22)23/h4,7,19H,5-6H2,1-3H3. The van der Waals surface area contributed by atoms with Gasteiger partial charge in [0.25, 0.3) is 5.69 Å². The molecule has 0 bridgehead atoms. The molecule has 0 atom stereocenters. The number of nitro benzene ring substituents is 2. The van der Waals surface area contributed by atoms with Gasteiger partial charge in [0.1, 0.15) is 5.01 Å². The van der Waals surface area contributed by atoms with Gasteiger partial charge in [-0.25, -0.2) is 4.98 Å². The first-order valence-electron chi connectivity index (χ1n) is 6.94. The van der Waals surface area contributed by atoms with E-state index in [-0.39, 0.29) is 29.0 Å². The first-order valence-corrected chi connectivity index (χ1v) is 7.82. The topological polar surface area (TPSA) is 123 Å². The first-order chi connectivity index (χ1) is 11.3. The molecule has 0 saturated heterocycles. The highest BCUT2D eigenvalue weighted by atomic mass is 32.1. The van der Waals surface area contributed by atoms with Crippen molar-refractivity contribution in [3.63, 3.8) is 0 Å². The predicted octanol–water partition coefficient (Wildman–Crippen LogP) is 2.71. The highest BCUT2D eigenvalue weighted by molar-refractivity contribution is 7.09. The molecule has 0 unspecified atom stereocenters. The third-order valence-electron chi connectivity index (χ3n) is 3.59. The van der Waals surface area contributed by atoms with Crippen LogP contribution in [0.15, 0.2) is 11.4 Å². The fraction of sp³-hybridized carbons (Fsp3) is 0.357. The summed E-state index contributed by atoms with van der Waals surface area (Å²) >= 11 is 1.38. The number of hydrogen-bond donors (Lipinski definition) is 1. The van der Waals surface area contributed by atoms with E-state index >= 15 is 0 Å². The maximum atomic E-state index is 11.5. The van der Waals surface area contributed by atoms with Crippen molar-refractivity contribution >= 4 is 28.4 Å². The highest BCUT2D eigenvalue weighted by Gasteiger charge is 2.32. The lowest BCUT2D eigenvalue weighted by Gasteiger charge is -2.19. The van der Waals surface area contributed by atoms with Crippen molar-refractivity contribution in [1.82, 2.24) is 4.98 Å². The van der Waals surface area contributed by atoms with Crippen molar-refractivity contribution < 1.29 is 15.0 Å². The molecule has 9 nitrogen and oxygen atoms in total. The molecule has 1 aromatic carbocycles. The number of anilines is 1. The van der Waals surface area contributed by atoms with Gasteiger partial charge in [-0.2, -0.15) is 0 Å². The SMILES string of the molecule is Cc1csc(CN(C)c2c([N+](=O)[O-])cc(CO)c(C)c2[N+](=O)[O-])n1. The van der Waals surface area contributed by atoms with Crippen LogP contribution in [0.1, 0.15) is 21.8 Å². The lowest BCUT2D eigenvalue weighted by molar-refractivity contribution is -0.393. The van der Waals surface area contributed by atoms with Gasteiger partial charge in [-0.05, 0) is 19.4 Å². The Balaban J connectivity index is 2.62. The molecule has 24 heavy (non-hydrogen) atoms. The number of aryl methyl sites for hydroxylation is 1. The van der Waals surface area contributed by atoms with Crippen LogP contribution in [0.4, 0.5) is 17.1 Å². The average Bonchev–Trinajstić information content (AvgIpc) is 2.90. The number of nitrogens with zero attached hydrogens (tertiary/aromatic N) is 4. The fourth-order valence-electron chi connectivity index (χ4n) is 2.45. The van der Waals surface area contributed by atoms with Crippen molar-refractivity contribution in [2.75, 3.05) is 11.9 Å². The minimum absolute atomic E-state index is 0.0902. The Bertz CT molecular complexity index is 805. The molecule has 0 aliphatic rings. The summed E-state index contributed by atoms with van der Waals surface area (Å²) in [5, 5.41) is 34.8. The van der Waals surface area contributed by atoms with Crippen LogP contribution in [0.3, 0.4) is 0 Å². The van der Waals surface area contributed by atoms with Crippen molar-refractivity contribution in [2.24, 2.45) is 0 Å². The van der Waals surface area contributed by atoms with Gasteiger partial charge in [-0.3, -0.25) is 20.2 Å². The summed E-state index contributed by atoms with van der Waals surface area (Å²) < 4.78 is 0. The summed E-state index contributed by atoms with van der Waals surface area (Å²) in [5.41, 5.74) is 0.323. The normalized spacial score (nSPS) is 10.7. The van der Waals surface area contributed by atoms with Crippen LogP contribution in [0, 0.1) is 34.1 Å². The lowest BCUT2D eigenvalue weighted by Crippen LogP contribution is -2.20. The van der Waals surface area contributed by atoms with E-state index in [1.165, 1.54) is 29.2 Å². The van der Waals surface area contributed by atoms with Crippen molar-refractivity contribution in [2.45, 2.75) is 27.0 Å². The summed E-state index contributed by atoms with van der Waals surface area (Å²) in [7, 11) is 1.55. The first kappa shape index (κ1) is 17.8. The summed E-state index contributed by atoms with van der Waals surface area (Å²) in [6, 6.07) is 1.18. The second kappa shape index (κ2) is 6.89. The minimum Gasteiger partial charge on any atom is -0.392 e. The highest BCUT2D eigenvalue weighted by Crippen LogP contribution is 2.41. The summed E-state index contributed by atoms with van der Waals surface area (Å²) in [6.07, 6.45) is 0. The van der Waals surface area contributed by atoms with E-state index in [1.54, 1.807) is 7.05 Å². The summed E-state index contributed by atoms with van der Waals surface area (Å²) in [4.78, 5) is 27.3. The average molecular weight is 352 g/mol. The largest absolute Gasteiger partial charge is 0.392 e. The zero-order valence-corrected chi connectivity index (χ0v) is 14.2. The van der Waals surface area contributed by atoms with Gasteiger partial charge >= 0.3 is 5.69 Å². The van der Waals surface area contributed by atoms with Gasteiger partial charge in [0.05, 0.1) is 23.0 Å². The Hall–Kier alpha value is -2.59. The number of nitro groups is 2. The van der Waals surface area contributed by atoms with Crippen LogP contribution < -0.4 is 4.90 Å². The number of rotatable bonds is 6. The van der Waals surface area contributed by atoms with Crippen LogP contribution in [-0.2, 0) is 13.2 Å². The Kier molecular flexibility index (Phi) is 5.10. The van der Waals surface area contributed by atoms with Gasteiger partial charge in [-0.1, -0.05) is 0 Å². The van der Waals surface area contributed by atoms with Gasteiger partial charge in [-0.15, -0.1) is 11.3 Å². The Labute approximate surface area is 141 Å². The molecule has 0 saturated carbocycles. The monoisotopic (exact) mass is 352 g/mol. The third kappa shape index (κ3) is 3.34. The van der Waals surface area contributed by atoms with Crippen molar-refractivity contribution in [3.8, 4) is 0 Å². The molecule has 0 amide bonds. The van der Waals surface area contributed by atoms with Gasteiger partial charge in [0, 0.05) is 29.8 Å². The molecule has 0 aliphatic heterocycles. The molecular weight excluding hydrogens is 336 g/mol. The van der Waals surface area contributed by atoms with E-state index in [2.05, 4.69) is 4.98 Å². The molecule has 10 heteroatoms. The Morgan fingerprint density at radius 1 is 1.29 bits per heavy atom. The van der Waals surface area contributed by atoms with E-state index in [1.807, 2.05) is 12.3 Å². The quantitative estimate of drug-likeness (QED) is 0.626. The molecule has 1 heterocycles. The van der Waals surface area contributed by atoms with Crippen molar-refractivity contribution in [1.29, 1.82) is 0 Å². The minimum atomic E-state index is -0.676. The molecule has 1 aromatic heterocycles. The predicted molar refractivity (Wildman–Crippen MR) is 89.4 cm³/mol. The fourth-order valence-corrected chi connectivity index (χ4v) is 3.28. The van der Waals surface area contributed by atoms with E-state index in [0.29, 0.717) is 5.01 Å². The second-order valence-electron chi connectivity index (χ2n) is 5.29. The second-order valence-corrected chi connectivity index (χ2v) is 6.23. The lowest BCUT2D eigenvalue weighted by atomic mass is 10.0. The zero-order chi connectivity index (χ0) is 18.0. The number of hydrogen-bond acceptors (Lipinski definition) is 8. The molecule has 1 N–H and O–H groups in total. The van der Waals surface area contributed by atoms with Gasteiger partial charge in [0.2, 0.25) is 0 Å². The smallest absolute Gasteiger partial charge is 0.302 e. The van der Waals surface area contributed by atoms with E-state index < -0.39 is 22.1 Å². The Morgan fingerprint density at radius 2 is 1.96 bits per heavy atom. The van der Waals surface area contributed by atoms with Crippen LogP contribution in [0.2, 0.25) is 0 Å². The van der Waals surface area contributed by atoms with Crippen molar-refractivity contribution in [3.05, 3.63) is 53.5 Å². The molecule has 2 aromatic rings. The molecule has 0 spiro atoms. The maximum Gasteiger partial charge on any atom is 0.302 e. The summed E-state index contributed by atoms with van der Waals surface area (Å²) in [6.45, 7) is 2.99. The molecule has 128 valence electrons. The number of aliphatic hydroxyl groups is 1. The maximum absolute atomic E-state index is 11.5. The molecular formula is C14H16N4O5S. The third-order valence-corrected chi connectivity index (χ3v) is 4.54. The van der Waals surface area contributed by atoms with Gasteiger partial charge in [0.15, 0.2) is 5.69 Å². The molecule has 0 radical (unpaired) electrons. The number of aliphatic hydroxyl groups excluding tert-OH is 1. The van der Waals surface area contributed by atoms with Gasteiger partial charge < -0.3 is 10.0 Å². The number of thiazole rings is 1.